The molecule has 1 aromatic carbocycles. The van der Waals surface area contributed by atoms with Gasteiger partial charge < -0.3 is 14.3 Å². The van der Waals surface area contributed by atoms with E-state index in [4.69, 9.17) is 9.15 Å². The Hall–Kier alpha value is -1.40. The molecule has 24 heavy (non-hydrogen) atoms. The van der Waals surface area contributed by atoms with Gasteiger partial charge >= 0.3 is 0 Å². The molecule has 0 radical (unpaired) electrons. The van der Waals surface area contributed by atoms with Gasteiger partial charge in [-0.25, -0.2) is 0 Å². The second-order valence-electron chi connectivity index (χ2n) is 7.08. The van der Waals surface area contributed by atoms with Crippen molar-refractivity contribution < 1.29 is 14.3 Å². The molecule has 0 amide bonds. The molecule has 1 fully saturated rings. The van der Waals surface area contributed by atoms with Crippen molar-refractivity contribution in [3.63, 3.8) is 0 Å². The standard InChI is InChI=1S/C19H28N2O3/c1-14-9-21(10-15(2)23-14)12-17(22)11-20(3)13-18-8-16-6-4-5-7-19(16)24-18/h4-8,14-15,17,22H,9-13H2,1-3H3. The van der Waals surface area contributed by atoms with Crippen molar-refractivity contribution in [2.75, 3.05) is 33.2 Å². The molecule has 3 rings (SSSR count). The summed E-state index contributed by atoms with van der Waals surface area (Å²) in [6, 6.07) is 10.1. The van der Waals surface area contributed by atoms with E-state index in [9.17, 15) is 5.11 Å². The molecule has 1 N–H and O–H groups in total. The van der Waals surface area contributed by atoms with Crippen LogP contribution in [0.2, 0.25) is 0 Å². The number of likely N-dealkylation sites (N-methyl/N-ethyl adjacent to an activating group) is 1. The number of β-amino-alcohol motifs (C(OH)–C–C–N with tert-alkyl or cyclic N) is 1. The molecule has 1 aromatic heterocycles. The zero-order valence-corrected chi connectivity index (χ0v) is 14.8. The number of para-hydroxylation sites is 1. The number of hydrogen-bond acceptors (Lipinski definition) is 5. The van der Waals surface area contributed by atoms with Crippen LogP contribution in [0.4, 0.5) is 0 Å². The topological polar surface area (TPSA) is 49.1 Å². The highest BCUT2D eigenvalue weighted by Gasteiger charge is 2.24. The van der Waals surface area contributed by atoms with Gasteiger partial charge in [-0.15, -0.1) is 0 Å². The molecule has 1 saturated heterocycles. The van der Waals surface area contributed by atoms with Gasteiger partial charge in [0.05, 0.1) is 24.9 Å². The Balaban J connectivity index is 1.49. The van der Waals surface area contributed by atoms with E-state index in [-0.39, 0.29) is 18.3 Å². The Labute approximate surface area is 143 Å². The predicted octanol–water partition coefficient (Wildman–Crippen LogP) is 2.33. The fourth-order valence-electron chi connectivity index (χ4n) is 3.59. The number of rotatable bonds is 6. The van der Waals surface area contributed by atoms with Crippen LogP contribution in [0.1, 0.15) is 19.6 Å². The third-order valence-electron chi connectivity index (χ3n) is 4.39. The molecule has 0 bridgehead atoms. The summed E-state index contributed by atoms with van der Waals surface area (Å²) in [5.74, 6) is 0.930. The largest absolute Gasteiger partial charge is 0.460 e. The molecule has 0 spiro atoms. The van der Waals surface area contributed by atoms with Crippen molar-refractivity contribution in [1.82, 2.24) is 9.80 Å². The average molecular weight is 332 g/mol. The van der Waals surface area contributed by atoms with Crippen molar-refractivity contribution in [3.05, 3.63) is 36.1 Å². The van der Waals surface area contributed by atoms with Crippen molar-refractivity contribution in [2.45, 2.75) is 38.7 Å². The number of fused-ring (bicyclic) bond motifs is 1. The van der Waals surface area contributed by atoms with Gasteiger partial charge in [-0.2, -0.15) is 0 Å². The zero-order chi connectivity index (χ0) is 17.1. The summed E-state index contributed by atoms with van der Waals surface area (Å²) in [6.45, 7) is 7.94. The zero-order valence-electron chi connectivity index (χ0n) is 14.8. The fourth-order valence-corrected chi connectivity index (χ4v) is 3.59. The van der Waals surface area contributed by atoms with Crippen molar-refractivity contribution in [2.24, 2.45) is 0 Å². The minimum absolute atomic E-state index is 0.231. The number of aliphatic hydroxyl groups excluding tert-OH is 1. The van der Waals surface area contributed by atoms with Gasteiger partial charge in [-0.3, -0.25) is 9.80 Å². The van der Waals surface area contributed by atoms with Crippen LogP contribution in [0.15, 0.2) is 34.7 Å². The Bertz CT molecular complexity index is 614. The maximum absolute atomic E-state index is 10.4. The Morgan fingerprint density at radius 2 is 1.96 bits per heavy atom. The van der Waals surface area contributed by atoms with E-state index >= 15 is 0 Å². The van der Waals surface area contributed by atoms with E-state index in [1.807, 2.05) is 25.2 Å². The lowest BCUT2D eigenvalue weighted by atomic mass is 10.2. The molecule has 2 aromatic rings. The number of ether oxygens (including phenoxy) is 1. The van der Waals surface area contributed by atoms with E-state index in [0.717, 1.165) is 29.8 Å². The van der Waals surface area contributed by atoms with Crippen LogP contribution in [-0.2, 0) is 11.3 Å². The number of aliphatic hydroxyl groups is 1. The summed E-state index contributed by atoms with van der Waals surface area (Å²) in [7, 11) is 2.01. The van der Waals surface area contributed by atoms with Crippen LogP contribution in [0, 0.1) is 0 Å². The third kappa shape index (κ3) is 4.57. The number of furan rings is 1. The van der Waals surface area contributed by atoms with Crippen LogP contribution < -0.4 is 0 Å². The first-order valence-corrected chi connectivity index (χ1v) is 8.71. The molecule has 5 heteroatoms. The van der Waals surface area contributed by atoms with E-state index in [1.54, 1.807) is 0 Å². The summed E-state index contributed by atoms with van der Waals surface area (Å²) in [5.41, 5.74) is 0.915. The SMILES string of the molecule is CC1CN(CC(O)CN(C)Cc2cc3ccccc3o2)CC(C)O1. The average Bonchev–Trinajstić information content (AvgIpc) is 2.87. The maximum atomic E-state index is 10.4. The van der Waals surface area contributed by atoms with Gasteiger partial charge in [0.15, 0.2) is 0 Å². The van der Waals surface area contributed by atoms with Gasteiger partial charge in [0.25, 0.3) is 0 Å². The van der Waals surface area contributed by atoms with E-state index in [0.29, 0.717) is 19.6 Å². The van der Waals surface area contributed by atoms with Gasteiger partial charge in [0.2, 0.25) is 0 Å². The van der Waals surface area contributed by atoms with Crippen LogP contribution in [-0.4, -0.2) is 66.4 Å². The lowest BCUT2D eigenvalue weighted by Gasteiger charge is -2.36. The van der Waals surface area contributed by atoms with Crippen LogP contribution >= 0.6 is 0 Å². The highest BCUT2D eigenvalue weighted by molar-refractivity contribution is 5.77. The predicted molar refractivity (Wildman–Crippen MR) is 95.0 cm³/mol. The first kappa shape index (κ1) is 17.4. The van der Waals surface area contributed by atoms with Crippen LogP contribution in [0.5, 0.6) is 0 Å². The summed E-state index contributed by atoms with van der Waals surface area (Å²) < 4.78 is 11.6. The van der Waals surface area contributed by atoms with Gasteiger partial charge in [0, 0.05) is 31.6 Å². The quantitative estimate of drug-likeness (QED) is 0.880. The molecule has 5 nitrogen and oxygen atoms in total. The second-order valence-corrected chi connectivity index (χ2v) is 7.08. The molecule has 132 valence electrons. The molecule has 1 aliphatic rings. The van der Waals surface area contributed by atoms with Gasteiger partial charge in [-0.05, 0) is 33.0 Å². The van der Waals surface area contributed by atoms with E-state index in [1.165, 1.54) is 0 Å². The van der Waals surface area contributed by atoms with Crippen molar-refractivity contribution in [3.8, 4) is 0 Å². The molecule has 0 saturated carbocycles. The van der Waals surface area contributed by atoms with Crippen LogP contribution in [0.3, 0.4) is 0 Å². The number of hydrogen-bond donors (Lipinski definition) is 1. The normalized spacial score (nSPS) is 23.9. The Kier molecular flexibility index (Phi) is 5.56. The minimum atomic E-state index is -0.378. The maximum Gasteiger partial charge on any atom is 0.134 e. The molecule has 3 unspecified atom stereocenters. The third-order valence-corrected chi connectivity index (χ3v) is 4.39. The fraction of sp³-hybridized carbons (Fsp3) is 0.579. The first-order chi connectivity index (χ1) is 11.5. The Morgan fingerprint density at radius 3 is 2.67 bits per heavy atom. The van der Waals surface area contributed by atoms with Crippen molar-refractivity contribution in [1.29, 1.82) is 0 Å². The lowest BCUT2D eigenvalue weighted by molar-refractivity contribution is -0.0778. The highest BCUT2D eigenvalue weighted by Crippen LogP contribution is 2.19. The molecular formula is C19H28N2O3. The Morgan fingerprint density at radius 1 is 1.25 bits per heavy atom. The monoisotopic (exact) mass is 332 g/mol. The first-order valence-electron chi connectivity index (χ1n) is 8.71. The summed E-state index contributed by atoms with van der Waals surface area (Å²) in [6.07, 6.45) is 0.0836. The molecule has 1 aliphatic heterocycles. The molecule has 0 aliphatic carbocycles. The summed E-state index contributed by atoms with van der Waals surface area (Å²) in [5, 5.41) is 11.5. The minimum Gasteiger partial charge on any atom is -0.460 e. The summed E-state index contributed by atoms with van der Waals surface area (Å²) in [4.78, 5) is 4.40. The summed E-state index contributed by atoms with van der Waals surface area (Å²) >= 11 is 0. The van der Waals surface area contributed by atoms with Crippen molar-refractivity contribution >= 4 is 11.0 Å². The van der Waals surface area contributed by atoms with Crippen LogP contribution in [0.25, 0.3) is 11.0 Å². The number of benzene rings is 1. The molecule has 2 heterocycles. The smallest absolute Gasteiger partial charge is 0.134 e. The lowest BCUT2D eigenvalue weighted by Crippen LogP contribution is -2.49. The van der Waals surface area contributed by atoms with Gasteiger partial charge in [-0.1, -0.05) is 18.2 Å². The second kappa shape index (κ2) is 7.66. The number of nitrogens with zero attached hydrogens (tertiary/aromatic N) is 2. The van der Waals surface area contributed by atoms with Gasteiger partial charge in [0.1, 0.15) is 11.3 Å². The number of morpholine rings is 1. The van der Waals surface area contributed by atoms with E-state index in [2.05, 4.69) is 35.8 Å². The molecule has 3 atom stereocenters. The molecular weight excluding hydrogens is 304 g/mol. The van der Waals surface area contributed by atoms with E-state index < -0.39 is 0 Å². The highest BCUT2D eigenvalue weighted by atomic mass is 16.5.